The zero-order valence-electron chi connectivity index (χ0n) is 19.6. The fourth-order valence-electron chi connectivity index (χ4n) is 4.01. The molecule has 0 radical (unpaired) electrons. The van der Waals surface area contributed by atoms with Gasteiger partial charge < -0.3 is 4.74 Å². The number of halogens is 2. The molecule has 0 aliphatic rings. The van der Waals surface area contributed by atoms with E-state index >= 15 is 0 Å². The van der Waals surface area contributed by atoms with Crippen LogP contribution in [0.25, 0.3) is 33.3 Å². The summed E-state index contributed by atoms with van der Waals surface area (Å²) in [6.07, 6.45) is 4.18. The first kappa shape index (κ1) is 24.2. The summed E-state index contributed by atoms with van der Waals surface area (Å²) in [4.78, 5) is 16.4. The summed E-state index contributed by atoms with van der Waals surface area (Å²) in [5.74, 6) is -0.995. The molecule has 5 rings (SSSR count). The topological polar surface area (TPSA) is 107 Å². The van der Waals surface area contributed by atoms with Crippen molar-refractivity contribution in [3.8, 4) is 28.1 Å². The number of ether oxygens (including phenoxy) is 1. The van der Waals surface area contributed by atoms with Crippen molar-refractivity contribution in [2.75, 3.05) is 11.8 Å². The zero-order valence-corrected chi connectivity index (χ0v) is 20.4. The number of sulfonamides is 1. The molecule has 186 valence electrons. The fraction of sp³-hybridized carbons (Fsp3) is 0.0769. The minimum atomic E-state index is -3.97. The molecule has 11 heteroatoms. The molecule has 1 N–H and O–H groups in total. The Morgan fingerprint density at radius 3 is 2.30 bits per heavy atom. The van der Waals surface area contributed by atoms with Gasteiger partial charge in [-0.05, 0) is 72.1 Å². The van der Waals surface area contributed by atoms with Crippen molar-refractivity contribution in [2.24, 2.45) is 0 Å². The summed E-state index contributed by atoms with van der Waals surface area (Å²) >= 11 is 0. The number of hydrogen-bond acceptors (Lipinski definition) is 7. The van der Waals surface area contributed by atoms with Crippen molar-refractivity contribution in [3.63, 3.8) is 0 Å². The number of nitrogens with zero attached hydrogens (tertiary/aromatic N) is 4. The summed E-state index contributed by atoms with van der Waals surface area (Å²) in [5, 5.41) is 0.583. The van der Waals surface area contributed by atoms with E-state index in [9.17, 15) is 17.2 Å². The Morgan fingerprint density at radius 2 is 1.59 bits per heavy atom. The Labute approximate surface area is 211 Å². The first-order chi connectivity index (χ1) is 17.7. The molecule has 37 heavy (non-hydrogen) atoms. The lowest BCUT2D eigenvalue weighted by atomic mass is 9.95. The van der Waals surface area contributed by atoms with Crippen molar-refractivity contribution in [1.29, 1.82) is 0 Å². The number of fused-ring (bicyclic) bond motifs is 1. The average Bonchev–Trinajstić information content (AvgIpc) is 2.87. The van der Waals surface area contributed by atoms with Crippen LogP contribution >= 0.6 is 0 Å². The number of hydrogen-bond donors (Lipinski definition) is 1. The Kier molecular flexibility index (Phi) is 6.22. The van der Waals surface area contributed by atoms with Crippen LogP contribution in [0.3, 0.4) is 0 Å². The Balaban J connectivity index is 1.59. The summed E-state index contributed by atoms with van der Waals surface area (Å²) in [7, 11) is -2.48. The number of anilines is 1. The van der Waals surface area contributed by atoms with E-state index in [4.69, 9.17) is 4.74 Å². The van der Waals surface area contributed by atoms with E-state index < -0.39 is 21.7 Å². The molecule has 3 aromatic carbocycles. The molecule has 0 saturated heterocycles. The van der Waals surface area contributed by atoms with Crippen LogP contribution < -0.4 is 9.46 Å². The normalized spacial score (nSPS) is 11.5. The van der Waals surface area contributed by atoms with Crippen molar-refractivity contribution in [1.82, 2.24) is 19.9 Å². The maximum Gasteiger partial charge on any atom is 0.264 e. The molecule has 0 spiro atoms. The maximum absolute atomic E-state index is 13.8. The van der Waals surface area contributed by atoms with Gasteiger partial charge in [-0.15, -0.1) is 0 Å². The van der Waals surface area contributed by atoms with E-state index in [1.54, 1.807) is 24.3 Å². The van der Waals surface area contributed by atoms with Gasteiger partial charge in [0.05, 0.1) is 23.2 Å². The second-order valence-corrected chi connectivity index (χ2v) is 9.79. The molecule has 0 aliphatic heterocycles. The van der Waals surface area contributed by atoms with E-state index in [1.165, 1.54) is 50.1 Å². The smallest absolute Gasteiger partial charge is 0.264 e. The van der Waals surface area contributed by atoms with Crippen LogP contribution in [-0.4, -0.2) is 35.5 Å². The van der Waals surface area contributed by atoms with Gasteiger partial charge in [0.1, 0.15) is 23.7 Å². The SMILES string of the molecule is COc1cc(-c2cc(F)cc(F)c2)c(C)cc1-c1ncnc2cc(S(=O)(=O)Nc3ncccn3)ccc12. The van der Waals surface area contributed by atoms with E-state index in [1.807, 2.05) is 6.92 Å². The summed E-state index contributed by atoms with van der Waals surface area (Å²) in [6.45, 7) is 1.81. The highest BCUT2D eigenvalue weighted by molar-refractivity contribution is 7.92. The molecule has 0 unspecified atom stereocenters. The highest BCUT2D eigenvalue weighted by Crippen LogP contribution is 2.38. The molecule has 0 aliphatic carbocycles. The molecule has 0 atom stereocenters. The minimum absolute atomic E-state index is 0.0243. The Morgan fingerprint density at radius 1 is 0.865 bits per heavy atom. The maximum atomic E-state index is 13.8. The first-order valence-corrected chi connectivity index (χ1v) is 12.4. The number of methoxy groups -OCH3 is 1. The van der Waals surface area contributed by atoms with Gasteiger partial charge in [-0.2, -0.15) is 0 Å². The number of aryl methyl sites for hydroxylation is 1. The monoisotopic (exact) mass is 519 g/mol. The second kappa shape index (κ2) is 9.51. The third-order valence-electron chi connectivity index (χ3n) is 5.68. The molecule has 0 bridgehead atoms. The quantitative estimate of drug-likeness (QED) is 0.331. The summed E-state index contributed by atoms with van der Waals surface area (Å²) < 4.78 is 61.3. The first-order valence-electron chi connectivity index (χ1n) is 11.0. The molecule has 0 saturated carbocycles. The molecular formula is C26H19F2N5O3S. The lowest BCUT2D eigenvalue weighted by Gasteiger charge is -2.15. The van der Waals surface area contributed by atoms with Crippen LogP contribution in [-0.2, 0) is 10.0 Å². The van der Waals surface area contributed by atoms with Crippen LogP contribution in [0.4, 0.5) is 14.7 Å². The van der Waals surface area contributed by atoms with Gasteiger partial charge in [-0.25, -0.2) is 41.9 Å². The number of benzene rings is 3. The second-order valence-electron chi connectivity index (χ2n) is 8.10. The third kappa shape index (κ3) is 4.81. The van der Waals surface area contributed by atoms with Gasteiger partial charge in [0.25, 0.3) is 10.0 Å². The molecule has 0 fully saturated rings. The minimum Gasteiger partial charge on any atom is -0.496 e. The molecule has 8 nitrogen and oxygen atoms in total. The van der Waals surface area contributed by atoms with Crippen molar-refractivity contribution in [2.45, 2.75) is 11.8 Å². The van der Waals surface area contributed by atoms with Gasteiger partial charge in [0.2, 0.25) is 5.95 Å². The van der Waals surface area contributed by atoms with Gasteiger partial charge in [0.15, 0.2) is 0 Å². The average molecular weight is 520 g/mol. The Bertz CT molecular complexity index is 1730. The predicted molar refractivity (Wildman–Crippen MR) is 134 cm³/mol. The zero-order chi connectivity index (χ0) is 26.2. The van der Waals surface area contributed by atoms with E-state index in [2.05, 4.69) is 24.7 Å². The molecule has 0 amide bonds. The summed E-state index contributed by atoms with van der Waals surface area (Å²) in [6, 6.07) is 12.9. The number of aromatic nitrogens is 4. The van der Waals surface area contributed by atoms with Gasteiger partial charge in [0, 0.05) is 29.4 Å². The van der Waals surface area contributed by atoms with Crippen LogP contribution in [0.5, 0.6) is 5.75 Å². The standard InChI is InChI=1S/C26H19F2N5O3S/c1-15-8-22(24(36-2)13-21(15)16-9-17(27)11-18(28)10-16)25-20-5-4-19(12-23(20)31-14-32-25)37(34,35)33-26-29-6-3-7-30-26/h3-14H,1-2H3,(H,29,30,33). The largest absolute Gasteiger partial charge is 0.496 e. The lowest BCUT2D eigenvalue weighted by Crippen LogP contribution is -2.14. The van der Waals surface area contributed by atoms with Crippen molar-refractivity contribution in [3.05, 3.63) is 90.5 Å². The van der Waals surface area contributed by atoms with Crippen molar-refractivity contribution < 1.29 is 21.9 Å². The van der Waals surface area contributed by atoms with Gasteiger partial charge >= 0.3 is 0 Å². The predicted octanol–water partition coefficient (Wildman–Crippen LogP) is 5.15. The highest BCUT2D eigenvalue weighted by Gasteiger charge is 2.20. The van der Waals surface area contributed by atoms with E-state index in [0.29, 0.717) is 39.0 Å². The van der Waals surface area contributed by atoms with Crippen LogP contribution in [0.15, 0.2) is 78.2 Å². The molecule has 5 aromatic rings. The van der Waals surface area contributed by atoms with Crippen molar-refractivity contribution >= 4 is 26.9 Å². The summed E-state index contributed by atoms with van der Waals surface area (Å²) in [5.41, 5.74) is 3.21. The fourth-order valence-corrected chi connectivity index (χ4v) is 4.99. The highest BCUT2D eigenvalue weighted by atomic mass is 32.2. The van der Waals surface area contributed by atoms with Crippen LogP contribution in [0.2, 0.25) is 0 Å². The number of nitrogens with one attached hydrogen (secondary N) is 1. The molecule has 2 heterocycles. The Hall–Kier alpha value is -4.51. The van der Waals surface area contributed by atoms with Crippen LogP contribution in [0.1, 0.15) is 5.56 Å². The number of rotatable bonds is 6. The van der Waals surface area contributed by atoms with Gasteiger partial charge in [-0.3, -0.25) is 0 Å². The van der Waals surface area contributed by atoms with E-state index in [-0.39, 0.29) is 10.8 Å². The lowest BCUT2D eigenvalue weighted by molar-refractivity contribution is 0.416. The third-order valence-corrected chi connectivity index (χ3v) is 7.01. The van der Waals surface area contributed by atoms with E-state index in [0.717, 1.165) is 11.6 Å². The van der Waals surface area contributed by atoms with Gasteiger partial charge in [-0.1, -0.05) is 0 Å². The molecule has 2 aromatic heterocycles. The molecular weight excluding hydrogens is 500 g/mol. The van der Waals surface area contributed by atoms with Crippen LogP contribution in [0, 0.1) is 18.6 Å².